The molecule has 2 fully saturated rings. The van der Waals surface area contributed by atoms with Crippen LogP contribution in [0, 0.1) is 6.92 Å². The van der Waals surface area contributed by atoms with Crippen LogP contribution in [0.15, 0.2) is 40.4 Å². The summed E-state index contributed by atoms with van der Waals surface area (Å²) in [7, 11) is 0. The topological polar surface area (TPSA) is 58.4 Å². The summed E-state index contributed by atoms with van der Waals surface area (Å²) in [6.07, 6.45) is 16.5. The van der Waals surface area contributed by atoms with E-state index in [9.17, 15) is 4.79 Å². The fraction of sp³-hybridized carbons (Fsp3) is 0.600. The highest BCUT2D eigenvalue weighted by Gasteiger charge is 2.22. The van der Waals surface area contributed by atoms with Crippen molar-refractivity contribution >= 4 is 17.0 Å². The van der Waals surface area contributed by atoms with Crippen molar-refractivity contribution in [2.24, 2.45) is 4.99 Å². The van der Waals surface area contributed by atoms with E-state index in [1.165, 1.54) is 56.9 Å². The Morgan fingerprint density at radius 2 is 1.80 bits per heavy atom. The Kier molecular flexibility index (Phi) is 9.19. The van der Waals surface area contributed by atoms with Crippen LogP contribution in [0.4, 0.5) is 0 Å². The van der Waals surface area contributed by atoms with Gasteiger partial charge in [-0.15, -0.1) is 0 Å². The van der Waals surface area contributed by atoms with Crippen molar-refractivity contribution in [3.63, 3.8) is 0 Å². The van der Waals surface area contributed by atoms with Gasteiger partial charge in [-0.05, 0) is 56.0 Å². The molecule has 5 heteroatoms. The molecule has 0 saturated heterocycles. The standard InChI is InChI=1S/C30H44N4O/c1-4-5-18-31-23(3)32-21-29-22(2)34(26-14-10-7-11-15-26)30(35)28-19-24(16-17-27(28)29)20-33-25-12-8-6-9-13-25/h16-17,19,21,25-26,31,33H,3-15,18,20H2,1-2H3/b32-21-. The van der Waals surface area contributed by atoms with E-state index in [-0.39, 0.29) is 11.6 Å². The summed E-state index contributed by atoms with van der Waals surface area (Å²) < 4.78 is 2.08. The zero-order valence-corrected chi connectivity index (χ0v) is 21.9. The Bertz CT molecular complexity index is 1090. The second kappa shape index (κ2) is 12.5. The maximum Gasteiger partial charge on any atom is 0.258 e. The van der Waals surface area contributed by atoms with Gasteiger partial charge in [-0.1, -0.05) is 70.6 Å². The van der Waals surface area contributed by atoms with Crippen LogP contribution in [-0.4, -0.2) is 23.4 Å². The molecule has 1 aromatic carbocycles. The predicted octanol–water partition coefficient (Wildman–Crippen LogP) is 6.52. The largest absolute Gasteiger partial charge is 0.371 e. The van der Waals surface area contributed by atoms with Crippen LogP contribution >= 0.6 is 0 Å². The van der Waals surface area contributed by atoms with E-state index in [1.54, 1.807) is 0 Å². The predicted molar refractivity (Wildman–Crippen MR) is 148 cm³/mol. The van der Waals surface area contributed by atoms with Crippen molar-refractivity contribution in [2.75, 3.05) is 6.54 Å². The summed E-state index contributed by atoms with van der Waals surface area (Å²) in [6.45, 7) is 10.0. The highest BCUT2D eigenvalue weighted by molar-refractivity contribution is 6.00. The smallest absolute Gasteiger partial charge is 0.258 e. The average Bonchev–Trinajstić information content (AvgIpc) is 2.89. The lowest BCUT2D eigenvalue weighted by Gasteiger charge is -2.27. The monoisotopic (exact) mass is 476 g/mol. The first-order valence-electron chi connectivity index (χ1n) is 14.0. The first-order valence-corrected chi connectivity index (χ1v) is 14.0. The molecule has 0 unspecified atom stereocenters. The summed E-state index contributed by atoms with van der Waals surface area (Å²) in [5, 5.41) is 8.84. The van der Waals surface area contributed by atoms with Crippen molar-refractivity contribution in [1.29, 1.82) is 0 Å². The number of fused-ring (bicyclic) bond motifs is 1. The van der Waals surface area contributed by atoms with Crippen LogP contribution in [0.1, 0.15) is 107 Å². The molecule has 1 heterocycles. The number of benzene rings is 1. The minimum atomic E-state index is 0.154. The molecule has 1 aromatic heterocycles. The van der Waals surface area contributed by atoms with E-state index in [2.05, 4.69) is 58.8 Å². The van der Waals surface area contributed by atoms with Crippen LogP contribution in [0.3, 0.4) is 0 Å². The maximum atomic E-state index is 13.8. The number of unbranched alkanes of at least 4 members (excludes halogenated alkanes) is 1. The van der Waals surface area contributed by atoms with Crippen molar-refractivity contribution in [2.45, 2.75) is 110 Å². The van der Waals surface area contributed by atoms with E-state index >= 15 is 0 Å². The molecular weight excluding hydrogens is 432 g/mol. The third kappa shape index (κ3) is 6.43. The van der Waals surface area contributed by atoms with E-state index < -0.39 is 0 Å². The molecule has 0 radical (unpaired) electrons. The Labute approximate surface area is 211 Å². The van der Waals surface area contributed by atoms with Crippen molar-refractivity contribution < 1.29 is 0 Å². The molecule has 2 aliphatic carbocycles. The van der Waals surface area contributed by atoms with Gasteiger partial charge in [-0.2, -0.15) is 0 Å². The van der Waals surface area contributed by atoms with Gasteiger partial charge in [0, 0.05) is 48.0 Å². The number of aliphatic imine (C=N–C) groups is 1. The van der Waals surface area contributed by atoms with Gasteiger partial charge in [0.2, 0.25) is 0 Å². The fourth-order valence-corrected chi connectivity index (χ4v) is 5.83. The molecular formula is C30H44N4O. The van der Waals surface area contributed by atoms with Crippen LogP contribution in [0.5, 0.6) is 0 Å². The van der Waals surface area contributed by atoms with E-state index in [4.69, 9.17) is 0 Å². The number of aromatic nitrogens is 1. The Hall–Kier alpha value is -2.40. The third-order valence-electron chi connectivity index (χ3n) is 7.92. The maximum absolute atomic E-state index is 13.8. The van der Waals surface area contributed by atoms with E-state index in [0.717, 1.165) is 60.8 Å². The molecule has 2 aliphatic rings. The molecule has 0 amide bonds. The fourth-order valence-electron chi connectivity index (χ4n) is 5.83. The number of pyridine rings is 1. The minimum Gasteiger partial charge on any atom is -0.371 e. The second-order valence-electron chi connectivity index (χ2n) is 10.5. The molecule has 2 aromatic rings. The molecule has 2 N–H and O–H groups in total. The second-order valence-corrected chi connectivity index (χ2v) is 10.5. The lowest BCUT2D eigenvalue weighted by molar-refractivity contribution is 0.343. The number of nitrogens with zero attached hydrogens (tertiary/aromatic N) is 2. The van der Waals surface area contributed by atoms with Crippen molar-refractivity contribution in [3.05, 3.63) is 57.8 Å². The third-order valence-corrected chi connectivity index (χ3v) is 7.92. The molecule has 35 heavy (non-hydrogen) atoms. The lowest BCUT2D eigenvalue weighted by atomic mass is 9.93. The number of nitrogens with one attached hydrogen (secondary N) is 2. The summed E-state index contributed by atoms with van der Waals surface area (Å²) >= 11 is 0. The first kappa shape index (κ1) is 25.7. The van der Waals surface area contributed by atoms with Gasteiger partial charge < -0.3 is 15.2 Å². The van der Waals surface area contributed by atoms with Crippen LogP contribution in [0.25, 0.3) is 10.8 Å². The number of hydrogen-bond donors (Lipinski definition) is 2. The lowest BCUT2D eigenvalue weighted by Crippen LogP contribution is -2.31. The zero-order valence-electron chi connectivity index (χ0n) is 21.9. The molecule has 0 aliphatic heterocycles. The SMILES string of the molecule is C=C(/N=C\c1c(C)n(C2CCCCC2)c(=O)c2cc(CNC3CCCCC3)ccc12)NCCCC. The first-order chi connectivity index (χ1) is 17.1. The summed E-state index contributed by atoms with van der Waals surface area (Å²) in [4.78, 5) is 18.5. The quantitative estimate of drug-likeness (QED) is 0.303. The van der Waals surface area contributed by atoms with E-state index in [1.807, 2.05) is 6.21 Å². The van der Waals surface area contributed by atoms with Crippen molar-refractivity contribution in [3.8, 4) is 0 Å². The average molecular weight is 477 g/mol. The number of rotatable bonds is 10. The van der Waals surface area contributed by atoms with Gasteiger partial charge in [0.1, 0.15) is 5.82 Å². The highest BCUT2D eigenvalue weighted by atomic mass is 16.1. The Morgan fingerprint density at radius 3 is 2.51 bits per heavy atom. The Balaban J connectivity index is 1.68. The molecule has 5 nitrogen and oxygen atoms in total. The highest BCUT2D eigenvalue weighted by Crippen LogP contribution is 2.30. The van der Waals surface area contributed by atoms with E-state index in [0.29, 0.717) is 11.9 Å². The molecule has 2 saturated carbocycles. The molecule has 0 atom stereocenters. The van der Waals surface area contributed by atoms with Gasteiger partial charge in [0.05, 0.1) is 0 Å². The normalized spacial score (nSPS) is 17.9. The summed E-state index contributed by atoms with van der Waals surface area (Å²) in [5.41, 5.74) is 3.40. The van der Waals surface area contributed by atoms with Crippen LogP contribution < -0.4 is 16.2 Å². The Morgan fingerprint density at radius 1 is 1.09 bits per heavy atom. The van der Waals surface area contributed by atoms with Gasteiger partial charge in [0.15, 0.2) is 0 Å². The van der Waals surface area contributed by atoms with Crippen LogP contribution in [-0.2, 0) is 6.54 Å². The molecule has 4 rings (SSSR count). The number of hydrogen-bond acceptors (Lipinski definition) is 4. The molecule has 0 spiro atoms. The molecule has 190 valence electrons. The van der Waals surface area contributed by atoms with Gasteiger partial charge in [-0.3, -0.25) is 4.79 Å². The summed E-state index contributed by atoms with van der Waals surface area (Å²) in [6, 6.07) is 7.31. The van der Waals surface area contributed by atoms with Crippen molar-refractivity contribution in [1.82, 2.24) is 15.2 Å². The van der Waals surface area contributed by atoms with Gasteiger partial charge >= 0.3 is 0 Å². The zero-order chi connectivity index (χ0) is 24.6. The van der Waals surface area contributed by atoms with Gasteiger partial charge in [0.25, 0.3) is 5.56 Å². The van der Waals surface area contributed by atoms with Gasteiger partial charge in [-0.25, -0.2) is 4.99 Å². The molecule has 0 bridgehead atoms. The summed E-state index contributed by atoms with van der Waals surface area (Å²) in [5.74, 6) is 0.676. The van der Waals surface area contributed by atoms with Crippen LogP contribution in [0.2, 0.25) is 0 Å². The minimum absolute atomic E-state index is 0.154.